The molecule has 1 heterocycles. The highest BCUT2D eigenvalue weighted by molar-refractivity contribution is 5.63. The number of benzene rings is 1. The molecule has 0 aliphatic heterocycles. The summed E-state index contributed by atoms with van der Waals surface area (Å²) in [5.41, 5.74) is 0.701. The highest BCUT2D eigenvalue weighted by Crippen LogP contribution is 2.31. The maximum absolute atomic E-state index is 13.7. The molecule has 0 saturated heterocycles. The van der Waals surface area contributed by atoms with Crippen molar-refractivity contribution in [1.29, 1.82) is 0 Å². The molecule has 0 unspecified atom stereocenters. The molecular formula is C13H15FN4O2. The lowest BCUT2D eigenvalue weighted by Crippen LogP contribution is -2.23. The van der Waals surface area contributed by atoms with Crippen molar-refractivity contribution >= 4 is 11.4 Å². The molecule has 1 aromatic heterocycles. The predicted octanol–water partition coefficient (Wildman–Crippen LogP) is 2.49. The molecule has 0 aliphatic rings. The third kappa shape index (κ3) is 2.76. The van der Waals surface area contributed by atoms with Crippen LogP contribution in [0.3, 0.4) is 0 Å². The Balaban J connectivity index is 2.37. The van der Waals surface area contributed by atoms with E-state index in [1.807, 2.05) is 13.1 Å². The van der Waals surface area contributed by atoms with Gasteiger partial charge in [0.1, 0.15) is 5.69 Å². The van der Waals surface area contributed by atoms with E-state index in [1.165, 1.54) is 6.07 Å². The Kier molecular flexibility index (Phi) is 3.97. The van der Waals surface area contributed by atoms with Crippen molar-refractivity contribution in [1.82, 2.24) is 9.78 Å². The van der Waals surface area contributed by atoms with Gasteiger partial charge in [-0.05, 0) is 19.1 Å². The summed E-state index contributed by atoms with van der Waals surface area (Å²) in [5.74, 6) is -0.822. The normalized spacial score (nSPS) is 10.6. The number of rotatable bonds is 5. The molecule has 0 N–H and O–H groups in total. The number of nitro benzene ring substituents is 1. The second-order valence-electron chi connectivity index (χ2n) is 4.40. The van der Waals surface area contributed by atoms with E-state index in [4.69, 9.17) is 0 Å². The molecule has 106 valence electrons. The number of nitro groups is 1. The maximum atomic E-state index is 13.7. The molecule has 6 nitrogen and oxygen atoms in total. The molecule has 7 heteroatoms. The van der Waals surface area contributed by atoms with Crippen molar-refractivity contribution < 1.29 is 9.31 Å². The highest BCUT2D eigenvalue weighted by Gasteiger charge is 2.23. The van der Waals surface area contributed by atoms with Crippen LogP contribution in [0.4, 0.5) is 15.8 Å². The maximum Gasteiger partial charge on any atom is 0.327 e. The first kappa shape index (κ1) is 14.0. The Morgan fingerprint density at radius 2 is 2.25 bits per heavy atom. The van der Waals surface area contributed by atoms with E-state index >= 15 is 0 Å². The van der Waals surface area contributed by atoms with Crippen LogP contribution in [0.1, 0.15) is 12.5 Å². The first-order chi connectivity index (χ1) is 9.52. The number of para-hydroxylation sites is 1. The SMILES string of the molecule is CCN(Cc1cnn(C)c1)c1cccc(F)c1[N+](=O)[O-]. The summed E-state index contributed by atoms with van der Waals surface area (Å²) in [6, 6.07) is 4.13. The van der Waals surface area contributed by atoms with Gasteiger partial charge in [0.15, 0.2) is 0 Å². The molecule has 2 rings (SSSR count). The quantitative estimate of drug-likeness (QED) is 0.622. The summed E-state index contributed by atoms with van der Waals surface area (Å²) in [6.07, 6.45) is 3.52. The monoisotopic (exact) mass is 278 g/mol. The first-order valence-electron chi connectivity index (χ1n) is 6.18. The minimum Gasteiger partial charge on any atom is -0.362 e. The van der Waals surface area contributed by atoms with E-state index in [-0.39, 0.29) is 5.69 Å². The summed E-state index contributed by atoms with van der Waals surface area (Å²) < 4.78 is 15.3. The van der Waals surface area contributed by atoms with Crippen LogP contribution in [0.15, 0.2) is 30.6 Å². The Labute approximate surface area is 115 Å². The zero-order valence-electron chi connectivity index (χ0n) is 11.3. The Bertz CT molecular complexity index is 627. The second-order valence-corrected chi connectivity index (χ2v) is 4.40. The molecule has 1 aromatic carbocycles. The van der Waals surface area contributed by atoms with Crippen molar-refractivity contribution in [3.8, 4) is 0 Å². The van der Waals surface area contributed by atoms with Gasteiger partial charge in [0.25, 0.3) is 0 Å². The minimum absolute atomic E-state index is 0.279. The van der Waals surface area contributed by atoms with Gasteiger partial charge in [0, 0.05) is 31.9 Å². The standard InChI is InChI=1S/C13H15FN4O2/c1-3-17(9-10-7-15-16(2)8-10)12-6-4-5-11(14)13(12)18(19)20/h4-8H,3,9H2,1-2H3. The average molecular weight is 278 g/mol. The predicted molar refractivity (Wildman–Crippen MR) is 73.0 cm³/mol. The number of aryl methyl sites for hydroxylation is 1. The van der Waals surface area contributed by atoms with Gasteiger partial charge in [-0.2, -0.15) is 9.49 Å². The van der Waals surface area contributed by atoms with Crippen LogP contribution >= 0.6 is 0 Å². The molecular weight excluding hydrogens is 263 g/mol. The molecule has 0 fully saturated rings. The van der Waals surface area contributed by atoms with Crippen molar-refractivity contribution in [2.75, 3.05) is 11.4 Å². The van der Waals surface area contributed by atoms with Gasteiger partial charge in [-0.25, -0.2) is 0 Å². The van der Waals surface area contributed by atoms with E-state index in [0.717, 1.165) is 11.6 Å². The van der Waals surface area contributed by atoms with Crippen molar-refractivity contribution in [3.63, 3.8) is 0 Å². The van der Waals surface area contributed by atoms with Crippen molar-refractivity contribution in [2.45, 2.75) is 13.5 Å². The molecule has 0 aliphatic carbocycles. The zero-order chi connectivity index (χ0) is 14.7. The third-order valence-electron chi connectivity index (χ3n) is 3.00. The fourth-order valence-corrected chi connectivity index (χ4v) is 2.08. The summed E-state index contributed by atoms with van der Waals surface area (Å²) in [6.45, 7) is 2.83. The number of halogens is 1. The number of hydrogen-bond acceptors (Lipinski definition) is 4. The summed E-state index contributed by atoms with van der Waals surface area (Å²) >= 11 is 0. The van der Waals surface area contributed by atoms with Crippen LogP contribution in [0.25, 0.3) is 0 Å². The molecule has 0 bridgehead atoms. The lowest BCUT2D eigenvalue weighted by Gasteiger charge is -2.22. The van der Waals surface area contributed by atoms with E-state index in [0.29, 0.717) is 13.1 Å². The second kappa shape index (κ2) is 5.68. The molecule has 0 saturated carbocycles. The van der Waals surface area contributed by atoms with Gasteiger partial charge < -0.3 is 4.90 Å². The first-order valence-corrected chi connectivity index (χ1v) is 6.18. The lowest BCUT2D eigenvalue weighted by atomic mass is 10.2. The topological polar surface area (TPSA) is 64.2 Å². The smallest absolute Gasteiger partial charge is 0.327 e. The largest absolute Gasteiger partial charge is 0.362 e. The number of anilines is 1. The molecule has 0 radical (unpaired) electrons. The molecule has 2 aromatic rings. The van der Waals surface area contributed by atoms with Crippen LogP contribution in [0, 0.1) is 15.9 Å². The lowest BCUT2D eigenvalue weighted by molar-refractivity contribution is -0.386. The van der Waals surface area contributed by atoms with Crippen molar-refractivity contribution in [2.24, 2.45) is 7.05 Å². The van der Waals surface area contributed by atoms with Crippen LogP contribution < -0.4 is 4.90 Å². The van der Waals surface area contributed by atoms with Crippen LogP contribution in [0.2, 0.25) is 0 Å². The zero-order valence-corrected chi connectivity index (χ0v) is 11.3. The van der Waals surface area contributed by atoms with Crippen molar-refractivity contribution in [3.05, 3.63) is 52.1 Å². The van der Waals surface area contributed by atoms with E-state index in [1.54, 1.807) is 28.9 Å². The average Bonchev–Trinajstić information content (AvgIpc) is 2.80. The fourth-order valence-electron chi connectivity index (χ4n) is 2.08. The third-order valence-corrected chi connectivity index (χ3v) is 3.00. The molecule has 0 amide bonds. The van der Waals surface area contributed by atoms with E-state index < -0.39 is 16.4 Å². The Morgan fingerprint density at radius 1 is 1.50 bits per heavy atom. The van der Waals surface area contributed by atoms with Gasteiger partial charge in [-0.15, -0.1) is 0 Å². The molecule has 0 spiro atoms. The highest BCUT2D eigenvalue weighted by atomic mass is 19.1. The van der Waals surface area contributed by atoms with Crippen LogP contribution in [-0.4, -0.2) is 21.2 Å². The van der Waals surface area contributed by atoms with Crippen LogP contribution in [0.5, 0.6) is 0 Å². The minimum atomic E-state index is -0.822. The van der Waals surface area contributed by atoms with E-state index in [2.05, 4.69) is 5.10 Å². The Hall–Kier alpha value is -2.44. The molecule has 0 atom stereocenters. The van der Waals surface area contributed by atoms with Gasteiger partial charge in [0.05, 0.1) is 11.1 Å². The number of aromatic nitrogens is 2. The summed E-state index contributed by atoms with van der Waals surface area (Å²) in [5, 5.41) is 15.1. The summed E-state index contributed by atoms with van der Waals surface area (Å²) in [4.78, 5) is 12.1. The molecule has 20 heavy (non-hydrogen) atoms. The fraction of sp³-hybridized carbons (Fsp3) is 0.308. The van der Waals surface area contributed by atoms with E-state index in [9.17, 15) is 14.5 Å². The van der Waals surface area contributed by atoms with Crippen LogP contribution in [-0.2, 0) is 13.6 Å². The van der Waals surface area contributed by atoms with Gasteiger partial charge in [-0.1, -0.05) is 6.07 Å². The number of hydrogen-bond donors (Lipinski definition) is 0. The van der Waals surface area contributed by atoms with Gasteiger partial charge >= 0.3 is 5.69 Å². The van der Waals surface area contributed by atoms with Gasteiger partial charge in [-0.3, -0.25) is 14.8 Å². The number of nitrogens with zero attached hydrogens (tertiary/aromatic N) is 4. The van der Waals surface area contributed by atoms with Gasteiger partial charge in [0.2, 0.25) is 5.82 Å². The summed E-state index contributed by atoms with van der Waals surface area (Å²) in [7, 11) is 1.80. The Morgan fingerprint density at radius 3 is 2.80 bits per heavy atom.